The lowest BCUT2D eigenvalue weighted by Crippen LogP contribution is -2.17. The fourth-order valence-corrected chi connectivity index (χ4v) is 3.88. The molecule has 1 N–H and O–H groups in total. The number of amides is 1. The largest absolute Gasteiger partial charge is 0.493 e. The second kappa shape index (κ2) is 10.3. The summed E-state index contributed by atoms with van der Waals surface area (Å²) in [6, 6.07) is 20.7. The molecule has 0 radical (unpaired) electrons. The van der Waals surface area contributed by atoms with Gasteiger partial charge in [0.2, 0.25) is 6.79 Å². The Kier molecular flexibility index (Phi) is 6.58. The van der Waals surface area contributed by atoms with Crippen LogP contribution in [0.4, 0.5) is 0 Å². The van der Waals surface area contributed by atoms with E-state index in [9.17, 15) is 9.59 Å². The molecule has 0 aromatic heterocycles. The van der Waals surface area contributed by atoms with Gasteiger partial charge in [-0.25, -0.2) is 10.2 Å². The molecule has 5 rings (SSSR count). The highest BCUT2D eigenvalue weighted by molar-refractivity contribution is 6.04. The molecule has 0 fully saturated rings. The predicted octanol–water partition coefficient (Wildman–Crippen LogP) is 4.57. The van der Waals surface area contributed by atoms with Crippen molar-refractivity contribution in [1.29, 1.82) is 0 Å². The third kappa shape index (κ3) is 4.87. The molecule has 1 amide bonds. The summed E-state index contributed by atoms with van der Waals surface area (Å²) in [6.07, 6.45) is 1.45. The van der Waals surface area contributed by atoms with Crippen molar-refractivity contribution < 1.29 is 33.3 Å². The first-order chi connectivity index (χ1) is 18.1. The number of carbonyl (C=O) groups is 2. The van der Waals surface area contributed by atoms with Gasteiger partial charge in [-0.1, -0.05) is 30.3 Å². The van der Waals surface area contributed by atoms with E-state index in [4.69, 9.17) is 23.7 Å². The molecule has 9 nitrogen and oxygen atoms in total. The molecule has 186 valence electrons. The summed E-state index contributed by atoms with van der Waals surface area (Å²) in [5, 5.41) is 5.83. The summed E-state index contributed by atoms with van der Waals surface area (Å²) in [5.74, 6) is 1.24. The standard InChI is InChI=1S/C28H22N2O7/c1-33-23-11-9-19(14-25(23)34-2)28(32)37-22-10-7-17-5-3-4-6-20(17)21(22)15-29-30-27(31)18-8-12-24-26(13-18)36-16-35-24/h3-15H,16H2,1-2H3,(H,30,31)/b29-15+. The molecule has 0 atom stereocenters. The van der Waals surface area contributed by atoms with Crippen LogP contribution >= 0.6 is 0 Å². The maximum absolute atomic E-state index is 13.0. The van der Waals surface area contributed by atoms with E-state index in [1.54, 1.807) is 42.5 Å². The zero-order chi connectivity index (χ0) is 25.8. The highest BCUT2D eigenvalue weighted by Gasteiger charge is 2.17. The minimum absolute atomic E-state index is 0.116. The molecule has 1 aliphatic heterocycles. The van der Waals surface area contributed by atoms with Gasteiger partial charge in [0.25, 0.3) is 5.91 Å². The van der Waals surface area contributed by atoms with Crippen molar-refractivity contribution in [2.24, 2.45) is 5.10 Å². The topological polar surface area (TPSA) is 105 Å². The van der Waals surface area contributed by atoms with Crippen LogP contribution in [0.2, 0.25) is 0 Å². The molecule has 4 aromatic rings. The van der Waals surface area contributed by atoms with Crippen molar-refractivity contribution >= 4 is 28.9 Å². The van der Waals surface area contributed by atoms with Crippen LogP contribution in [0.25, 0.3) is 10.8 Å². The number of benzene rings is 4. The van der Waals surface area contributed by atoms with Crippen LogP contribution in [0.5, 0.6) is 28.7 Å². The molecule has 1 aliphatic rings. The highest BCUT2D eigenvalue weighted by atomic mass is 16.7. The fraction of sp³-hybridized carbons (Fsp3) is 0.107. The van der Waals surface area contributed by atoms with E-state index in [1.165, 1.54) is 20.4 Å². The van der Waals surface area contributed by atoms with Gasteiger partial charge >= 0.3 is 5.97 Å². The summed E-state index contributed by atoms with van der Waals surface area (Å²) in [4.78, 5) is 25.6. The molecular formula is C28H22N2O7. The Bertz CT molecular complexity index is 1530. The Balaban J connectivity index is 1.41. The number of methoxy groups -OCH3 is 2. The maximum atomic E-state index is 13.0. The summed E-state index contributed by atoms with van der Waals surface area (Å²) in [7, 11) is 3.00. The van der Waals surface area contributed by atoms with Crippen LogP contribution in [0.15, 0.2) is 77.9 Å². The first-order valence-corrected chi connectivity index (χ1v) is 11.3. The zero-order valence-electron chi connectivity index (χ0n) is 20.0. The van der Waals surface area contributed by atoms with Crippen molar-refractivity contribution in [3.63, 3.8) is 0 Å². The van der Waals surface area contributed by atoms with Crippen molar-refractivity contribution in [3.8, 4) is 28.7 Å². The SMILES string of the molecule is COc1ccc(C(=O)Oc2ccc3ccccc3c2/C=N/NC(=O)c2ccc3c(c2)OCO3)cc1OC. The van der Waals surface area contributed by atoms with Gasteiger partial charge in [0, 0.05) is 11.1 Å². The highest BCUT2D eigenvalue weighted by Crippen LogP contribution is 2.33. The van der Waals surface area contributed by atoms with E-state index >= 15 is 0 Å². The molecule has 9 heteroatoms. The number of ether oxygens (including phenoxy) is 5. The fourth-order valence-electron chi connectivity index (χ4n) is 3.88. The van der Waals surface area contributed by atoms with Crippen LogP contribution < -0.4 is 29.1 Å². The van der Waals surface area contributed by atoms with E-state index in [2.05, 4.69) is 10.5 Å². The van der Waals surface area contributed by atoms with E-state index in [0.29, 0.717) is 34.1 Å². The van der Waals surface area contributed by atoms with Gasteiger partial charge in [-0.15, -0.1) is 0 Å². The maximum Gasteiger partial charge on any atom is 0.343 e. The quantitative estimate of drug-likeness (QED) is 0.172. The Labute approximate surface area is 212 Å². The molecule has 37 heavy (non-hydrogen) atoms. The molecule has 0 saturated carbocycles. The summed E-state index contributed by atoms with van der Waals surface area (Å²) in [6.45, 7) is 0.116. The number of fused-ring (bicyclic) bond motifs is 2. The lowest BCUT2D eigenvalue weighted by molar-refractivity contribution is 0.0734. The number of hydrazone groups is 1. The Hall–Kier alpha value is -5.05. The summed E-state index contributed by atoms with van der Waals surface area (Å²) >= 11 is 0. The smallest absolute Gasteiger partial charge is 0.343 e. The van der Waals surface area contributed by atoms with Crippen LogP contribution in [0.3, 0.4) is 0 Å². The molecule has 0 aliphatic carbocycles. The number of nitrogens with one attached hydrogen (secondary N) is 1. The lowest BCUT2D eigenvalue weighted by Gasteiger charge is -2.12. The summed E-state index contributed by atoms with van der Waals surface area (Å²) < 4.78 is 26.9. The Morgan fingerprint density at radius 2 is 1.59 bits per heavy atom. The third-order valence-corrected chi connectivity index (χ3v) is 5.75. The first-order valence-electron chi connectivity index (χ1n) is 11.3. The number of hydrogen-bond acceptors (Lipinski definition) is 8. The van der Waals surface area contributed by atoms with Gasteiger partial charge in [-0.05, 0) is 53.2 Å². The van der Waals surface area contributed by atoms with Crippen LogP contribution in [0.1, 0.15) is 26.3 Å². The number of esters is 1. The third-order valence-electron chi connectivity index (χ3n) is 5.75. The van der Waals surface area contributed by atoms with Crippen LogP contribution in [-0.4, -0.2) is 39.1 Å². The number of carbonyl (C=O) groups excluding carboxylic acids is 2. The molecule has 1 heterocycles. The molecular weight excluding hydrogens is 476 g/mol. The average Bonchev–Trinajstić information content (AvgIpc) is 3.41. The van der Waals surface area contributed by atoms with Gasteiger partial charge < -0.3 is 23.7 Å². The van der Waals surface area contributed by atoms with Crippen LogP contribution in [-0.2, 0) is 0 Å². The van der Waals surface area contributed by atoms with Gasteiger partial charge in [0.15, 0.2) is 23.0 Å². The summed E-state index contributed by atoms with van der Waals surface area (Å²) in [5.41, 5.74) is 3.68. The van der Waals surface area contributed by atoms with E-state index in [0.717, 1.165) is 10.8 Å². The molecule has 0 unspecified atom stereocenters. The zero-order valence-corrected chi connectivity index (χ0v) is 20.0. The number of hydrogen-bond donors (Lipinski definition) is 1. The van der Waals surface area contributed by atoms with E-state index in [-0.39, 0.29) is 18.1 Å². The van der Waals surface area contributed by atoms with Crippen molar-refractivity contribution in [2.45, 2.75) is 0 Å². The van der Waals surface area contributed by atoms with Gasteiger partial charge in [0.1, 0.15) is 5.75 Å². The minimum Gasteiger partial charge on any atom is -0.493 e. The van der Waals surface area contributed by atoms with Crippen molar-refractivity contribution in [1.82, 2.24) is 5.43 Å². The predicted molar refractivity (Wildman–Crippen MR) is 136 cm³/mol. The normalized spacial score (nSPS) is 11.9. The lowest BCUT2D eigenvalue weighted by atomic mass is 10.0. The van der Waals surface area contributed by atoms with Crippen molar-refractivity contribution in [3.05, 3.63) is 89.5 Å². The molecule has 0 saturated heterocycles. The number of nitrogens with zero attached hydrogens (tertiary/aromatic N) is 1. The van der Waals surface area contributed by atoms with Crippen LogP contribution in [0, 0.1) is 0 Å². The Morgan fingerprint density at radius 1 is 0.838 bits per heavy atom. The monoisotopic (exact) mass is 498 g/mol. The van der Waals surface area contributed by atoms with Crippen molar-refractivity contribution in [2.75, 3.05) is 21.0 Å². The molecule has 4 aromatic carbocycles. The number of rotatable bonds is 7. The van der Waals surface area contributed by atoms with E-state index in [1.807, 2.05) is 30.3 Å². The second-order valence-electron chi connectivity index (χ2n) is 7.92. The van der Waals surface area contributed by atoms with Gasteiger partial charge in [0.05, 0.1) is 26.0 Å². The minimum atomic E-state index is -0.588. The Morgan fingerprint density at radius 3 is 2.43 bits per heavy atom. The van der Waals surface area contributed by atoms with Gasteiger partial charge in [-0.2, -0.15) is 5.10 Å². The van der Waals surface area contributed by atoms with Gasteiger partial charge in [-0.3, -0.25) is 4.79 Å². The molecule has 0 spiro atoms. The first kappa shape index (κ1) is 23.7. The van der Waals surface area contributed by atoms with E-state index < -0.39 is 11.9 Å². The average molecular weight is 498 g/mol. The molecule has 0 bridgehead atoms. The second-order valence-corrected chi connectivity index (χ2v) is 7.92.